The van der Waals surface area contributed by atoms with Crippen molar-refractivity contribution in [2.75, 3.05) is 16.4 Å². The van der Waals surface area contributed by atoms with Gasteiger partial charge in [-0.3, -0.25) is 0 Å². The van der Waals surface area contributed by atoms with Crippen molar-refractivity contribution in [2.24, 2.45) is 17.8 Å². The SMILES string of the molecule is C=C(C)[C@H]1CCC(C)=C[C@@H]1c1c(O)cc(O)cc1CCCCBr.C=C(C)[C@H]1CCC(C)=C[C@@H]1c1c(O)cc(O)cc1CCCCI.C=C(C)[C@H]1CCC(C)=C[C@@H]1c1c(O)cc(O)cc1CCCCO[N+](=O)[O-].O=[N+]([O-])O.[Ag]. The largest absolute Gasteiger partial charge is 0.508 e. The van der Waals surface area contributed by atoms with Gasteiger partial charge in [0.25, 0.3) is 10.2 Å². The molecule has 0 heterocycles. The molecular weight excluding hydrogens is 1260 g/mol. The van der Waals surface area contributed by atoms with E-state index in [1.165, 1.54) is 40.5 Å². The van der Waals surface area contributed by atoms with Crippen molar-refractivity contribution in [3.63, 3.8) is 0 Å². The first kappa shape index (κ1) is 68.4. The fourth-order valence-electron chi connectivity index (χ4n) is 10.9. The van der Waals surface area contributed by atoms with E-state index in [-0.39, 0.29) is 87.2 Å². The summed E-state index contributed by atoms with van der Waals surface area (Å²) in [5, 5.41) is 85.4. The minimum Gasteiger partial charge on any atom is -0.508 e. The Bertz CT molecular complexity index is 2470. The molecule has 0 unspecified atom stereocenters. The normalized spacial score (nSPS) is 19.6. The molecule has 429 valence electrons. The third kappa shape index (κ3) is 22.1. The van der Waals surface area contributed by atoms with Gasteiger partial charge < -0.3 is 40.7 Å². The minimum atomic E-state index is -1.50. The predicted molar refractivity (Wildman–Crippen MR) is 315 cm³/mol. The van der Waals surface area contributed by atoms with Crippen LogP contribution >= 0.6 is 38.5 Å². The van der Waals surface area contributed by atoms with Crippen LogP contribution in [0.3, 0.4) is 0 Å². The fourth-order valence-corrected chi connectivity index (χ4v) is 11.8. The first-order valence-corrected chi connectivity index (χ1v) is 28.9. The Labute approximate surface area is 493 Å². The molecule has 0 amide bonds. The molecule has 0 aromatic heterocycles. The molecule has 0 spiro atoms. The average molecular weight is 1340 g/mol. The number of allylic oxidation sites excluding steroid dienone is 9. The van der Waals surface area contributed by atoms with E-state index in [0.29, 0.717) is 31.1 Å². The summed E-state index contributed by atoms with van der Waals surface area (Å²) in [5.74, 6) is 2.12. The first-order chi connectivity index (χ1) is 35.9. The number of nitrogens with zero attached hydrogens (tertiary/aromatic N) is 2. The number of halogens is 2. The number of phenolic OH excluding ortho intramolecular Hbond substituents is 6. The fraction of sp³-hybridized carbons (Fsp3) is 0.500. The second-order valence-electron chi connectivity index (χ2n) is 20.7. The van der Waals surface area contributed by atoms with E-state index >= 15 is 0 Å². The number of phenols is 6. The Balaban J connectivity index is 0.000000379. The van der Waals surface area contributed by atoms with Crippen LogP contribution in [-0.2, 0) is 46.5 Å². The number of unbranched alkanes of at least 4 members (excludes halogenated alkanes) is 3. The summed E-state index contributed by atoms with van der Waals surface area (Å²) in [6.45, 7) is 25.1. The second kappa shape index (κ2) is 34.3. The van der Waals surface area contributed by atoms with Gasteiger partial charge in [-0.1, -0.05) is 110 Å². The number of hydrogen-bond acceptors (Lipinski definition) is 11. The molecule has 14 nitrogen and oxygen atoms in total. The molecule has 0 bridgehead atoms. The topological polar surface area (TPSA) is 237 Å². The van der Waals surface area contributed by atoms with Crippen LogP contribution < -0.4 is 0 Å². The van der Waals surface area contributed by atoms with Gasteiger partial charge in [0.15, 0.2) is 0 Å². The Morgan fingerprint density at radius 3 is 1.16 bits per heavy atom. The van der Waals surface area contributed by atoms with Crippen molar-refractivity contribution in [1.82, 2.24) is 0 Å². The zero-order valence-electron chi connectivity index (χ0n) is 45.6. The first-order valence-electron chi connectivity index (χ1n) is 26.2. The number of alkyl halides is 2. The molecule has 6 rings (SSSR count). The zero-order chi connectivity index (χ0) is 56.8. The van der Waals surface area contributed by atoms with Gasteiger partial charge in [-0.25, -0.2) is 0 Å². The zero-order valence-corrected chi connectivity index (χ0v) is 50.9. The molecule has 77 heavy (non-hydrogen) atoms. The van der Waals surface area contributed by atoms with Crippen molar-refractivity contribution >= 4 is 38.5 Å². The summed E-state index contributed by atoms with van der Waals surface area (Å²) < 4.78 is 1.13. The molecule has 3 aromatic carbocycles. The van der Waals surface area contributed by atoms with Gasteiger partial charge in [0.2, 0.25) is 0 Å². The standard InChI is InChI=1S/C20H27BrO2.C20H27IO2.C20H27NO5.Ag.HNO3/c2*1-13(2)17-8-7-14(3)10-18(17)20-15(6-4-5-9-21)11-16(22)12-19(20)23;1-13(2)17-8-7-14(3)10-18(17)20-15(11-16(22)12-19(20)23)6-4-5-9-26-21(24)25;;2-1(3)4/h2*10-12,17-18,22-23H,1,4-9H2,2-3H3;10-12,17-18,22-23H,1,4-9H2,2-3H3;;(H,2,3,4)/t3*17-,18+;;/m111../s1. The van der Waals surface area contributed by atoms with Crippen LogP contribution in [0.25, 0.3) is 0 Å². The van der Waals surface area contributed by atoms with E-state index < -0.39 is 10.2 Å². The van der Waals surface area contributed by atoms with Crippen molar-refractivity contribution < 1.29 is 73.2 Å². The van der Waals surface area contributed by atoms with Gasteiger partial charge in [0.1, 0.15) is 34.5 Å². The van der Waals surface area contributed by atoms with Gasteiger partial charge in [-0.15, -0.1) is 20.2 Å². The van der Waals surface area contributed by atoms with Gasteiger partial charge in [0.05, 0.1) is 6.61 Å². The maximum Gasteiger partial charge on any atom is 0.294 e. The maximum atomic E-state index is 10.6. The molecule has 0 aliphatic heterocycles. The average Bonchev–Trinajstić information content (AvgIpc) is 3.31. The smallest absolute Gasteiger partial charge is 0.294 e. The van der Waals surface area contributed by atoms with Crippen molar-refractivity contribution in [3.05, 3.63) is 161 Å². The second-order valence-corrected chi connectivity index (χ2v) is 22.6. The Morgan fingerprint density at radius 2 is 0.883 bits per heavy atom. The molecule has 6 atom stereocenters. The summed E-state index contributed by atoms with van der Waals surface area (Å²) in [6, 6.07) is 9.64. The summed E-state index contributed by atoms with van der Waals surface area (Å²) in [4.78, 5) is 22.9. The third-order valence-electron chi connectivity index (χ3n) is 14.5. The van der Waals surface area contributed by atoms with Crippen LogP contribution in [0.1, 0.15) is 170 Å². The van der Waals surface area contributed by atoms with E-state index in [2.05, 4.69) is 116 Å². The summed E-state index contributed by atoms with van der Waals surface area (Å²) >= 11 is 5.85. The third-order valence-corrected chi connectivity index (χ3v) is 15.8. The van der Waals surface area contributed by atoms with Gasteiger partial charge >= 0.3 is 0 Å². The van der Waals surface area contributed by atoms with E-state index in [9.17, 15) is 40.8 Å². The Morgan fingerprint density at radius 1 is 0.584 bits per heavy atom. The van der Waals surface area contributed by atoms with Crippen molar-refractivity contribution in [3.8, 4) is 34.5 Å². The van der Waals surface area contributed by atoms with Crippen molar-refractivity contribution in [1.29, 1.82) is 0 Å². The number of aryl methyl sites for hydroxylation is 3. The summed E-state index contributed by atoms with van der Waals surface area (Å²) in [5.41, 5.74) is 13.2. The van der Waals surface area contributed by atoms with Crippen LogP contribution in [0.15, 0.2) is 108 Å². The summed E-state index contributed by atoms with van der Waals surface area (Å²) in [7, 11) is 0. The molecule has 0 fully saturated rings. The number of hydrogen-bond donors (Lipinski definition) is 7. The maximum absolute atomic E-state index is 10.6. The van der Waals surface area contributed by atoms with E-state index in [4.69, 9.17) is 15.3 Å². The molecular formula is C60H82AgBrIN2O12. The number of aromatic hydroxyl groups is 6. The molecule has 3 aromatic rings. The minimum absolute atomic E-state index is 0. The van der Waals surface area contributed by atoms with Crippen LogP contribution in [0.2, 0.25) is 0 Å². The van der Waals surface area contributed by atoms with Crippen LogP contribution in [-0.4, -0.2) is 62.4 Å². The molecule has 17 heteroatoms. The molecule has 3 aliphatic rings. The van der Waals surface area contributed by atoms with Gasteiger partial charge in [-0.2, -0.15) is 0 Å². The Kier molecular flexibility index (Phi) is 30.5. The number of rotatable bonds is 20. The summed E-state index contributed by atoms with van der Waals surface area (Å²) in [6.07, 6.45) is 21.0. The van der Waals surface area contributed by atoms with Crippen LogP contribution in [0.4, 0.5) is 0 Å². The van der Waals surface area contributed by atoms with E-state index in [1.54, 1.807) is 6.07 Å². The molecule has 0 saturated carbocycles. The van der Waals surface area contributed by atoms with Gasteiger partial charge in [0, 0.05) is 80.4 Å². The van der Waals surface area contributed by atoms with Crippen LogP contribution in [0.5, 0.6) is 34.5 Å². The monoisotopic (exact) mass is 1340 g/mol. The molecule has 0 saturated heterocycles. The number of benzene rings is 3. The molecule has 3 aliphatic carbocycles. The van der Waals surface area contributed by atoms with Gasteiger partial charge in [-0.05, 0) is 195 Å². The molecule has 7 N–H and O–H groups in total. The van der Waals surface area contributed by atoms with Crippen LogP contribution in [0, 0.1) is 38.0 Å². The quantitative estimate of drug-likeness (QED) is 0.0106. The van der Waals surface area contributed by atoms with E-state index in [1.807, 2.05) is 19.1 Å². The van der Waals surface area contributed by atoms with E-state index in [0.717, 1.165) is 131 Å². The molecule has 1 radical (unpaired) electrons. The Hall–Kier alpha value is -4.75. The predicted octanol–water partition coefficient (Wildman–Crippen LogP) is 16.0. The van der Waals surface area contributed by atoms with Crippen molar-refractivity contribution in [2.45, 2.75) is 156 Å².